The van der Waals surface area contributed by atoms with Crippen LogP contribution < -0.4 is 10.2 Å². The number of halogens is 3. The molecule has 0 radical (unpaired) electrons. The Morgan fingerprint density at radius 3 is 2.56 bits per heavy atom. The number of hydrogen-bond donors (Lipinski definition) is 1. The fraction of sp³-hybridized carbons (Fsp3) is 0.345. The molecule has 41 heavy (non-hydrogen) atoms. The van der Waals surface area contributed by atoms with Gasteiger partial charge in [0, 0.05) is 50.3 Å². The molecule has 0 bridgehead atoms. The first-order valence-corrected chi connectivity index (χ1v) is 14.4. The van der Waals surface area contributed by atoms with Gasteiger partial charge in [-0.05, 0) is 60.3 Å². The van der Waals surface area contributed by atoms with Gasteiger partial charge in [-0.1, -0.05) is 13.0 Å². The molecule has 8 nitrogen and oxygen atoms in total. The number of rotatable bonds is 6. The van der Waals surface area contributed by atoms with Crippen LogP contribution in [0.2, 0.25) is 0 Å². The summed E-state index contributed by atoms with van der Waals surface area (Å²) >= 11 is 1.35. The van der Waals surface area contributed by atoms with Gasteiger partial charge >= 0.3 is 6.18 Å². The van der Waals surface area contributed by atoms with Crippen molar-refractivity contribution in [3.8, 4) is 11.5 Å². The second-order valence-electron chi connectivity index (χ2n) is 10.1. The predicted molar refractivity (Wildman–Crippen MR) is 152 cm³/mol. The van der Waals surface area contributed by atoms with Gasteiger partial charge < -0.3 is 24.4 Å². The molecule has 3 aromatic heterocycles. The van der Waals surface area contributed by atoms with E-state index in [0.29, 0.717) is 29.3 Å². The van der Waals surface area contributed by atoms with Gasteiger partial charge in [0.2, 0.25) is 5.95 Å². The number of hydrogen-bond acceptors (Lipinski definition) is 8. The van der Waals surface area contributed by atoms with E-state index in [1.54, 1.807) is 23.1 Å². The standard InChI is InChI=1S/C29H29F3N6O2S/c1-2-36-11-13-37(14-12-36)21-7-5-20(6-8-21)34-28-33-17-22(29(30,31)32)26(35-28)23-16-19-9-10-38(18-24(19)40-23)27(39)25-4-3-15-41-25/h3-8,15-17H,2,9-14,18H2,1H3,(H,33,34,35). The van der Waals surface area contributed by atoms with E-state index < -0.39 is 11.7 Å². The molecule has 2 aliphatic rings. The van der Waals surface area contributed by atoms with Crippen LogP contribution in [0, 0.1) is 0 Å². The number of fused-ring (bicyclic) bond motifs is 1. The Kier molecular flexibility index (Phi) is 7.43. The summed E-state index contributed by atoms with van der Waals surface area (Å²) in [5, 5.41) is 4.86. The minimum atomic E-state index is -4.67. The summed E-state index contributed by atoms with van der Waals surface area (Å²) in [4.78, 5) is 28.0. The Labute approximate surface area is 239 Å². The quantitative estimate of drug-likeness (QED) is 0.303. The first-order chi connectivity index (χ1) is 19.8. The van der Waals surface area contributed by atoms with Gasteiger partial charge in [0.15, 0.2) is 5.76 Å². The molecule has 5 heterocycles. The largest absolute Gasteiger partial charge is 0.457 e. The fourth-order valence-corrected chi connectivity index (χ4v) is 5.90. The third-order valence-electron chi connectivity index (χ3n) is 7.54. The van der Waals surface area contributed by atoms with Crippen molar-refractivity contribution in [2.45, 2.75) is 26.1 Å². The molecule has 0 aliphatic carbocycles. The van der Waals surface area contributed by atoms with E-state index in [1.807, 2.05) is 29.6 Å². The predicted octanol–water partition coefficient (Wildman–Crippen LogP) is 5.90. The number of likely N-dealkylation sites (N-methyl/N-ethyl adjacent to an activating group) is 1. The first-order valence-electron chi connectivity index (χ1n) is 13.5. The molecule has 0 atom stereocenters. The van der Waals surface area contributed by atoms with Crippen molar-refractivity contribution in [3.63, 3.8) is 0 Å². The third kappa shape index (κ3) is 5.80. The van der Waals surface area contributed by atoms with Crippen LogP contribution in [0.4, 0.5) is 30.5 Å². The molecule has 1 amide bonds. The van der Waals surface area contributed by atoms with E-state index in [9.17, 15) is 18.0 Å². The van der Waals surface area contributed by atoms with Crippen LogP contribution in [0.3, 0.4) is 0 Å². The molecular formula is C29H29F3N6O2S. The van der Waals surface area contributed by atoms with Crippen molar-refractivity contribution in [1.82, 2.24) is 19.8 Å². The van der Waals surface area contributed by atoms with Crippen LogP contribution >= 0.6 is 11.3 Å². The van der Waals surface area contributed by atoms with E-state index in [-0.39, 0.29) is 29.9 Å². The minimum absolute atomic E-state index is 0.000216. The molecule has 4 aromatic rings. The van der Waals surface area contributed by atoms with Gasteiger partial charge in [-0.25, -0.2) is 9.97 Å². The molecular weight excluding hydrogens is 553 g/mol. The lowest BCUT2D eigenvalue weighted by Crippen LogP contribution is -2.46. The number of aromatic nitrogens is 2. The fourth-order valence-electron chi connectivity index (χ4n) is 5.21. The zero-order valence-electron chi connectivity index (χ0n) is 22.4. The Hall–Kier alpha value is -3.90. The summed E-state index contributed by atoms with van der Waals surface area (Å²) in [7, 11) is 0. The Bertz CT molecular complexity index is 1510. The third-order valence-corrected chi connectivity index (χ3v) is 8.39. The van der Waals surface area contributed by atoms with Crippen LogP contribution in [0.15, 0.2) is 58.5 Å². The van der Waals surface area contributed by atoms with E-state index in [2.05, 4.69) is 32.0 Å². The lowest BCUT2D eigenvalue weighted by Gasteiger charge is -2.35. The molecule has 1 N–H and O–H groups in total. The zero-order chi connectivity index (χ0) is 28.6. The zero-order valence-corrected chi connectivity index (χ0v) is 23.3. The second-order valence-corrected chi connectivity index (χ2v) is 11.0. The average Bonchev–Trinajstić information content (AvgIpc) is 3.67. The van der Waals surface area contributed by atoms with E-state index in [1.165, 1.54) is 11.3 Å². The number of thiophene rings is 1. The monoisotopic (exact) mass is 582 g/mol. The molecule has 12 heteroatoms. The van der Waals surface area contributed by atoms with Crippen LogP contribution in [0.5, 0.6) is 0 Å². The summed E-state index contributed by atoms with van der Waals surface area (Å²) in [6.07, 6.45) is -3.42. The van der Waals surface area contributed by atoms with E-state index in [0.717, 1.165) is 50.2 Å². The number of amides is 1. The number of carbonyl (C=O) groups excluding carboxylic acids is 1. The van der Waals surface area contributed by atoms with Gasteiger partial charge in [-0.3, -0.25) is 4.79 Å². The smallest absolute Gasteiger partial charge is 0.420 e. The number of furan rings is 1. The number of benzene rings is 1. The SMILES string of the molecule is CCN1CCN(c2ccc(Nc3ncc(C(F)(F)F)c(-c4cc5c(o4)CN(C(=O)c4cccs4)CC5)n3)cc2)CC1. The average molecular weight is 583 g/mol. The van der Waals surface area contributed by atoms with E-state index in [4.69, 9.17) is 4.42 Å². The van der Waals surface area contributed by atoms with Crippen molar-refractivity contribution >= 4 is 34.6 Å². The van der Waals surface area contributed by atoms with Crippen molar-refractivity contribution in [2.75, 3.05) is 49.5 Å². The van der Waals surface area contributed by atoms with Gasteiger partial charge in [-0.15, -0.1) is 11.3 Å². The Morgan fingerprint density at radius 1 is 1.10 bits per heavy atom. The number of piperazine rings is 1. The molecule has 214 valence electrons. The molecule has 0 saturated carbocycles. The molecule has 0 unspecified atom stereocenters. The number of carbonyl (C=O) groups is 1. The van der Waals surface area contributed by atoms with Gasteiger partial charge in [0.1, 0.15) is 17.0 Å². The highest BCUT2D eigenvalue weighted by atomic mass is 32.1. The number of nitrogens with zero attached hydrogens (tertiary/aromatic N) is 5. The maximum atomic E-state index is 14.0. The highest BCUT2D eigenvalue weighted by Gasteiger charge is 2.37. The normalized spacial score (nSPS) is 16.1. The Balaban J connectivity index is 1.22. The van der Waals surface area contributed by atoms with Crippen molar-refractivity contribution in [1.29, 1.82) is 0 Å². The van der Waals surface area contributed by atoms with Gasteiger partial charge in [-0.2, -0.15) is 13.2 Å². The van der Waals surface area contributed by atoms with Crippen LogP contribution in [-0.2, 0) is 19.1 Å². The highest BCUT2D eigenvalue weighted by molar-refractivity contribution is 7.12. The van der Waals surface area contributed by atoms with Gasteiger partial charge in [0.25, 0.3) is 5.91 Å². The molecule has 1 fully saturated rings. The summed E-state index contributed by atoms with van der Waals surface area (Å²) in [5.41, 5.74) is 1.20. The molecule has 2 aliphatic heterocycles. The topological polar surface area (TPSA) is 77.7 Å². The number of anilines is 3. The lowest BCUT2D eigenvalue weighted by molar-refractivity contribution is -0.137. The van der Waals surface area contributed by atoms with Gasteiger partial charge in [0.05, 0.1) is 11.4 Å². The molecule has 0 spiro atoms. The summed E-state index contributed by atoms with van der Waals surface area (Å²) in [6, 6.07) is 12.9. The van der Waals surface area contributed by atoms with Crippen LogP contribution in [0.25, 0.3) is 11.5 Å². The minimum Gasteiger partial charge on any atom is -0.457 e. The molecule has 1 saturated heterocycles. The summed E-state index contributed by atoms with van der Waals surface area (Å²) < 4.78 is 47.8. The highest BCUT2D eigenvalue weighted by Crippen LogP contribution is 2.39. The number of alkyl halides is 3. The maximum absolute atomic E-state index is 14.0. The maximum Gasteiger partial charge on any atom is 0.420 e. The van der Waals surface area contributed by atoms with E-state index >= 15 is 0 Å². The lowest BCUT2D eigenvalue weighted by atomic mass is 10.1. The van der Waals surface area contributed by atoms with Crippen molar-refractivity contribution < 1.29 is 22.4 Å². The summed E-state index contributed by atoms with van der Waals surface area (Å²) in [6.45, 7) is 7.75. The van der Waals surface area contributed by atoms with Crippen molar-refractivity contribution in [3.05, 3.63) is 75.8 Å². The van der Waals surface area contributed by atoms with Crippen LogP contribution in [-0.4, -0.2) is 64.9 Å². The molecule has 1 aromatic carbocycles. The second kappa shape index (κ2) is 11.2. The Morgan fingerprint density at radius 2 is 1.88 bits per heavy atom. The summed E-state index contributed by atoms with van der Waals surface area (Å²) in [5.74, 6) is 0.371. The first kappa shape index (κ1) is 27.3. The molecule has 6 rings (SSSR count). The number of nitrogens with one attached hydrogen (secondary N) is 1. The van der Waals surface area contributed by atoms with Crippen LogP contribution in [0.1, 0.15) is 33.5 Å². The van der Waals surface area contributed by atoms with Crippen molar-refractivity contribution in [2.24, 2.45) is 0 Å².